The van der Waals surface area contributed by atoms with E-state index in [-0.39, 0.29) is 6.04 Å². The third-order valence-electron chi connectivity index (χ3n) is 4.06. The molecule has 4 aromatic rings. The van der Waals surface area contributed by atoms with Gasteiger partial charge in [-0.15, -0.1) is 0 Å². The third kappa shape index (κ3) is 2.80. The standard InChI is InChI=1S/C16H17N9/c1-10-7-14(23-24(10)3)20-15-9-17-13-8-19-25(16(13)21-15)11(2)12-5-4-6-18-22-12/h4-9,11H,1-3H3,(H,20,21,23)/t11-/m0/s1. The van der Waals surface area contributed by atoms with Crippen molar-refractivity contribution < 1.29 is 0 Å². The molecule has 0 fully saturated rings. The number of nitrogens with zero attached hydrogens (tertiary/aromatic N) is 8. The highest BCUT2D eigenvalue weighted by atomic mass is 15.3. The van der Waals surface area contributed by atoms with Crippen LogP contribution in [0.4, 0.5) is 11.6 Å². The summed E-state index contributed by atoms with van der Waals surface area (Å²) in [4.78, 5) is 9.07. The molecule has 9 nitrogen and oxygen atoms in total. The first kappa shape index (κ1) is 15.2. The molecule has 4 rings (SSSR count). The molecule has 0 radical (unpaired) electrons. The Labute approximate surface area is 143 Å². The van der Waals surface area contributed by atoms with E-state index in [0.29, 0.717) is 11.5 Å². The van der Waals surface area contributed by atoms with Crippen molar-refractivity contribution in [3.63, 3.8) is 0 Å². The minimum absolute atomic E-state index is 0.104. The van der Waals surface area contributed by atoms with Crippen LogP contribution in [0, 0.1) is 6.92 Å². The lowest BCUT2D eigenvalue weighted by molar-refractivity contribution is 0.558. The van der Waals surface area contributed by atoms with Gasteiger partial charge in [0.2, 0.25) is 0 Å². The van der Waals surface area contributed by atoms with Gasteiger partial charge in [0.15, 0.2) is 17.3 Å². The first-order chi connectivity index (χ1) is 12.1. The van der Waals surface area contributed by atoms with Gasteiger partial charge in [-0.05, 0) is 26.0 Å². The van der Waals surface area contributed by atoms with Crippen molar-refractivity contribution >= 4 is 22.8 Å². The topological polar surface area (TPSA) is 99.2 Å². The van der Waals surface area contributed by atoms with Gasteiger partial charge in [-0.3, -0.25) is 4.68 Å². The molecule has 0 aliphatic heterocycles. The largest absolute Gasteiger partial charge is 0.322 e. The second kappa shape index (κ2) is 5.93. The number of rotatable bonds is 4. The molecule has 0 aliphatic carbocycles. The molecule has 1 N–H and O–H groups in total. The maximum atomic E-state index is 4.65. The molecule has 25 heavy (non-hydrogen) atoms. The molecule has 0 amide bonds. The fourth-order valence-corrected chi connectivity index (χ4v) is 2.58. The van der Waals surface area contributed by atoms with Crippen LogP contribution in [0.5, 0.6) is 0 Å². The maximum absolute atomic E-state index is 4.65. The summed E-state index contributed by atoms with van der Waals surface area (Å²) in [6.07, 6.45) is 5.02. The van der Waals surface area contributed by atoms with Gasteiger partial charge in [0.1, 0.15) is 5.52 Å². The van der Waals surface area contributed by atoms with Gasteiger partial charge in [-0.1, -0.05) is 0 Å². The number of nitrogens with one attached hydrogen (secondary N) is 1. The van der Waals surface area contributed by atoms with Crippen LogP contribution in [0.25, 0.3) is 11.2 Å². The van der Waals surface area contributed by atoms with Crippen molar-refractivity contribution in [2.75, 3.05) is 5.32 Å². The average Bonchev–Trinajstić information content (AvgIpc) is 3.18. The summed E-state index contributed by atoms with van der Waals surface area (Å²) in [7, 11) is 1.90. The predicted octanol–water partition coefficient (Wildman–Crippen LogP) is 2.01. The Bertz CT molecular complexity index is 999. The van der Waals surface area contributed by atoms with Crippen molar-refractivity contribution in [1.82, 2.24) is 39.7 Å². The minimum atomic E-state index is -0.104. The van der Waals surface area contributed by atoms with Crippen molar-refractivity contribution in [2.24, 2.45) is 7.05 Å². The molecule has 126 valence electrons. The molecule has 0 bridgehead atoms. The summed E-state index contributed by atoms with van der Waals surface area (Å²) in [6.45, 7) is 3.99. The smallest absolute Gasteiger partial charge is 0.179 e. The molecule has 0 aromatic carbocycles. The maximum Gasteiger partial charge on any atom is 0.179 e. The summed E-state index contributed by atoms with van der Waals surface area (Å²) in [6, 6.07) is 5.61. The molecule has 1 atom stereocenters. The van der Waals surface area contributed by atoms with E-state index >= 15 is 0 Å². The Morgan fingerprint density at radius 1 is 1.20 bits per heavy atom. The monoisotopic (exact) mass is 335 g/mol. The van der Waals surface area contributed by atoms with E-state index < -0.39 is 0 Å². The van der Waals surface area contributed by atoms with Crippen LogP contribution in [-0.2, 0) is 7.05 Å². The van der Waals surface area contributed by atoms with E-state index in [4.69, 9.17) is 0 Å². The second-order valence-corrected chi connectivity index (χ2v) is 5.80. The van der Waals surface area contributed by atoms with Crippen molar-refractivity contribution in [1.29, 1.82) is 0 Å². The Morgan fingerprint density at radius 3 is 2.80 bits per heavy atom. The Hall–Kier alpha value is -3.36. The lowest BCUT2D eigenvalue weighted by Crippen LogP contribution is -2.11. The van der Waals surface area contributed by atoms with E-state index in [0.717, 1.165) is 22.7 Å². The summed E-state index contributed by atoms with van der Waals surface area (Å²) in [5, 5.41) is 20.1. The number of hydrogen-bond acceptors (Lipinski definition) is 7. The van der Waals surface area contributed by atoms with Gasteiger partial charge in [-0.25, -0.2) is 14.6 Å². The molecule has 9 heteroatoms. The molecule has 0 unspecified atom stereocenters. The first-order valence-electron chi connectivity index (χ1n) is 7.87. The summed E-state index contributed by atoms with van der Waals surface area (Å²) >= 11 is 0. The van der Waals surface area contributed by atoms with E-state index in [1.807, 2.05) is 39.1 Å². The zero-order chi connectivity index (χ0) is 17.4. The zero-order valence-corrected chi connectivity index (χ0v) is 14.1. The summed E-state index contributed by atoms with van der Waals surface area (Å²) in [5.41, 5.74) is 3.26. The van der Waals surface area contributed by atoms with Gasteiger partial charge >= 0.3 is 0 Å². The van der Waals surface area contributed by atoms with E-state index in [1.165, 1.54) is 0 Å². The van der Waals surface area contributed by atoms with Crippen LogP contribution < -0.4 is 5.32 Å². The molecule has 0 spiro atoms. The molecular formula is C16H17N9. The number of fused-ring (bicyclic) bond motifs is 1. The van der Waals surface area contributed by atoms with Crippen LogP contribution in [0.15, 0.2) is 36.8 Å². The normalized spacial score (nSPS) is 12.4. The Morgan fingerprint density at radius 2 is 2.08 bits per heavy atom. The van der Waals surface area contributed by atoms with Crippen molar-refractivity contribution in [3.8, 4) is 0 Å². The van der Waals surface area contributed by atoms with Crippen molar-refractivity contribution in [2.45, 2.75) is 19.9 Å². The minimum Gasteiger partial charge on any atom is -0.322 e. The predicted molar refractivity (Wildman–Crippen MR) is 92.4 cm³/mol. The van der Waals surface area contributed by atoms with Crippen LogP contribution in [0.1, 0.15) is 24.4 Å². The van der Waals surface area contributed by atoms with E-state index in [1.54, 1.807) is 28.0 Å². The first-order valence-corrected chi connectivity index (χ1v) is 7.87. The highest BCUT2D eigenvalue weighted by molar-refractivity contribution is 5.72. The second-order valence-electron chi connectivity index (χ2n) is 5.80. The lowest BCUT2D eigenvalue weighted by atomic mass is 10.2. The molecule has 0 aliphatic rings. The van der Waals surface area contributed by atoms with Gasteiger partial charge in [0.25, 0.3) is 0 Å². The fraction of sp³-hybridized carbons (Fsp3) is 0.250. The highest BCUT2D eigenvalue weighted by Crippen LogP contribution is 2.21. The third-order valence-corrected chi connectivity index (χ3v) is 4.06. The van der Waals surface area contributed by atoms with Crippen LogP contribution in [0.2, 0.25) is 0 Å². The SMILES string of the molecule is Cc1cc(Nc2cnc3cnn([C@@H](C)c4cccnn4)c3n2)nn1C. The molecule has 0 saturated carbocycles. The quantitative estimate of drug-likeness (QED) is 0.609. The number of aromatic nitrogens is 8. The van der Waals surface area contributed by atoms with Crippen LogP contribution in [0.3, 0.4) is 0 Å². The highest BCUT2D eigenvalue weighted by Gasteiger charge is 2.16. The van der Waals surface area contributed by atoms with Gasteiger partial charge in [0.05, 0.1) is 24.1 Å². The summed E-state index contributed by atoms with van der Waals surface area (Å²) < 4.78 is 3.59. The van der Waals surface area contributed by atoms with E-state index in [9.17, 15) is 0 Å². The zero-order valence-electron chi connectivity index (χ0n) is 14.1. The molecule has 0 saturated heterocycles. The van der Waals surface area contributed by atoms with Crippen LogP contribution >= 0.6 is 0 Å². The van der Waals surface area contributed by atoms with Gasteiger partial charge in [-0.2, -0.15) is 20.4 Å². The molecular weight excluding hydrogens is 318 g/mol. The molecule has 4 heterocycles. The number of hydrogen-bond donors (Lipinski definition) is 1. The van der Waals surface area contributed by atoms with Crippen LogP contribution in [-0.4, -0.2) is 39.7 Å². The number of anilines is 2. The number of aryl methyl sites for hydroxylation is 2. The Kier molecular flexibility index (Phi) is 3.60. The summed E-state index contributed by atoms with van der Waals surface area (Å²) in [5.74, 6) is 1.33. The van der Waals surface area contributed by atoms with Gasteiger partial charge in [0, 0.05) is 25.0 Å². The van der Waals surface area contributed by atoms with Gasteiger partial charge < -0.3 is 5.32 Å². The lowest BCUT2D eigenvalue weighted by Gasteiger charge is -2.11. The average molecular weight is 335 g/mol. The fourth-order valence-electron chi connectivity index (χ4n) is 2.58. The van der Waals surface area contributed by atoms with Crippen molar-refractivity contribution in [3.05, 3.63) is 48.2 Å². The van der Waals surface area contributed by atoms with E-state index in [2.05, 4.69) is 35.7 Å². The Balaban J connectivity index is 1.70. The molecule has 4 aromatic heterocycles.